The minimum atomic E-state index is 0.221. The van der Waals surface area contributed by atoms with E-state index in [9.17, 15) is 0 Å². The molecule has 4 fully saturated rings. The average molecular weight is 261 g/mol. The summed E-state index contributed by atoms with van der Waals surface area (Å²) in [6.07, 6.45) is 8.01. The second kappa shape index (κ2) is 4.27. The van der Waals surface area contributed by atoms with E-state index >= 15 is 0 Å². The standard InChI is InChI=1S/C14H23N5/c1-19-17-13(16-18-19)7-12(15)14-10-3-8-2-9(5-10)6-11(14)4-8/h8-12,14H,2-7,15H2,1H3. The van der Waals surface area contributed by atoms with Crippen molar-refractivity contribution >= 4 is 0 Å². The lowest BCUT2D eigenvalue weighted by atomic mass is 9.50. The Balaban J connectivity index is 1.49. The Morgan fingerprint density at radius 1 is 1.16 bits per heavy atom. The lowest BCUT2D eigenvalue weighted by molar-refractivity contribution is -0.0467. The third-order valence-electron chi connectivity index (χ3n) is 5.76. The molecule has 0 spiro atoms. The van der Waals surface area contributed by atoms with Gasteiger partial charge in [-0.15, -0.1) is 10.2 Å². The number of hydrogen-bond donors (Lipinski definition) is 1. The summed E-state index contributed by atoms with van der Waals surface area (Å²) in [5.74, 6) is 5.30. The second-order valence-electron chi connectivity index (χ2n) is 7.07. The van der Waals surface area contributed by atoms with Gasteiger partial charge in [0.05, 0.1) is 7.05 Å². The summed E-state index contributed by atoms with van der Waals surface area (Å²) in [6.45, 7) is 0. The maximum Gasteiger partial charge on any atom is 0.176 e. The van der Waals surface area contributed by atoms with Gasteiger partial charge < -0.3 is 5.73 Å². The fourth-order valence-electron chi connectivity index (χ4n) is 5.42. The molecule has 1 aromatic rings. The molecule has 0 aromatic carbocycles. The highest BCUT2D eigenvalue weighted by Crippen LogP contribution is 2.57. The van der Waals surface area contributed by atoms with Gasteiger partial charge in [-0.2, -0.15) is 4.80 Å². The molecule has 1 unspecified atom stereocenters. The van der Waals surface area contributed by atoms with E-state index in [2.05, 4.69) is 15.4 Å². The summed E-state index contributed by atoms with van der Waals surface area (Å²) < 4.78 is 0. The van der Waals surface area contributed by atoms with Gasteiger partial charge in [0.25, 0.3) is 0 Å². The monoisotopic (exact) mass is 261 g/mol. The highest BCUT2D eigenvalue weighted by Gasteiger charge is 2.49. The maximum atomic E-state index is 6.52. The Morgan fingerprint density at radius 2 is 1.79 bits per heavy atom. The molecule has 1 atom stereocenters. The van der Waals surface area contributed by atoms with E-state index in [4.69, 9.17) is 5.73 Å². The summed E-state index contributed by atoms with van der Waals surface area (Å²) in [5.41, 5.74) is 6.52. The minimum absolute atomic E-state index is 0.221. The van der Waals surface area contributed by atoms with Crippen LogP contribution in [0.1, 0.15) is 37.9 Å². The first-order valence-electron chi connectivity index (χ1n) is 7.67. The zero-order valence-electron chi connectivity index (χ0n) is 11.6. The molecule has 4 saturated carbocycles. The number of nitrogens with zero attached hydrogens (tertiary/aromatic N) is 4. The third-order valence-corrected chi connectivity index (χ3v) is 5.76. The number of aromatic nitrogens is 4. The first-order chi connectivity index (χ1) is 9.19. The molecular formula is C14H23N5. The first-order valence-corrected chi connectivity index (χ1v) is 7.67. The molecule has 1 aromatic heterocycles. The fraction of sp³-hybridized carbons (Fsp3) is 0.929. The predicted molar refractivity (Wildman–Crippen MR) is 71.0 cm³/mol. The minimum Gasteiger partial charge on any atom is -0.327 e. The summed E-state index contributed by atoms with van der Waals surface area (Å²) >= 11 is 0. The molecule has 5 rings (SSSR count). The van der Waals surface area contributed by atoms with Crippen molar-refractivity contribution in [2.45, 2.75) is 44.6 Å². The van der Waals surface area contributed by atoms with Crippen molar-refractivity contribution in [2.75, 3.05) is 0 Å². The Labute approximate surface area is 113 Å². The quantitative estimate of drug-likeness (QED) is 0.886. The Bertz CT molecular complexity index is 440. The summed E-state index contributed by atoms with van der Waals surface area (Å²) in [6, 6.07) is 0.221. The van der Waals surface area contributed by atoms with Gasteiger partial charge in [-0.3, -0.25) is 0 Å². The molecule has 0 radical (unpaired) electrons. The molecule has 1 heterocycles. The SMILES string of the molecule is Cn1nnc(CC(N)C2C3CC4CC(C3)CC2C4)n1. The van der Waals surface area contributed by atoms with Crippen molar-refractivity contribution in [3.63, 3.8) is 0 Å². The van der Waals surface area contributed by atoms with Crippen molar-refractivity contribution in [3.8, 4) is 0 Å². The van der Waals surface area contributed by atoms with E-state index in [1.54, 1.807) is 0 Å². The Kier molecular flexibility index (Phi) is 2.65. The average Bonchev–Trinajstić information content (AvgIpc) is 2.73. The number of nitrogens with two attached hydrogens (primary N) is 1. The van der Waals surface area contributed by atoms with Crippen LogP contribution in [0.4, 0.5) is 0 Å². The van der Waals surface area contributed by atoms with Crippen LogP contribution in [-0.2, 0) is 13.5 Å². The van der Waals surface area contributed by atoms with Gasteiger partial charge in [0.2, 0.25) is 0 Å². The van der Waals surface area contributed by atoms with E-state index in [0.29, 0.717) is 5.92 Å². The summed E-state index contributed by atoms with van der Waals surface area (Å²) in [7, 11) is 1.81. The molecule has 19 heavy (non-hydrogen) atoms. The number of aryl methyl sites for hydroxylation is 1. The van der Waals surface area contributed by atoms with Crippen LogP contribution in [0, 0.1) is 29.6 Å². The largest absolute Gasteiger partial charge is 0.327 e. The zero-order valence-corrected chi connectivity index (χ0v) is 11.6. The van der Waals surface area contributed by atoms with Crippen LogP contribution in [0.3, 0.4) is 0 Å². The van der Waals surface area contributed by atoms with Gasteiger partial charge >= 0.3 is 0 Å². The van der Waals surface area contributed by atoms with Gasteiger partial charge in [-0.25, -0.2) is 0 Å². The van der Waals surface area contributed by atoms with E-state index in [0.717, 1.165) is 35.9 Å². The third kappa shape index (κ3) is 1.98. The molecule has 0 saturated heterocycles. The summed E-state index contributed by atoms with van der Waals surface area (Å²) in [4.78, 5) is 1.53. The van der Waals surface area contributed by atoms with E-state index < -0.39 is 0 Å². The van der Waals surface area contributed by atoms with Crippen LogP contribution in [-0.4, -0.2) is 26.2 Å². The van der Waals surface area contributed by atoms with Crippen LogP contribution < -0.4 is 5.73 Å². The van der Waals surface area contributed by atoms with Crippen molar-refractivity contribution in [1.82, 2.24) is 20.2 Å². The molecule has 104 valence electrons. The molecule has 0 amide bonds. The van der Waals surface area contributed by atoms with Gasteiger partial charge in [0, 0.05) is 12.5 Å². The van der Waals surface area contributed by atoms with E-state index in [1.165, 1.54) is 36.9 Å². The molecule has 0 aliphatic heterocycles. The molecule has 5 nitrogen and oxygen atoms in total. The zero-order chi connectivity index (χ0) is 13.0. The Hall–Kier alpha value is -0.970. The van der Waals surface area contributed by atoms with Gasteiger partial charge in [-0.05, 0) is 66.9 Å². The van der Waals surface area contributed by atoms with E-state index in [-0.39, 0.29) is 6.04 Å². The highest BCUT2D eigenvalue weighted by molar-refractivity contribution is 5.02. The van der Waals surface area contributed by atoms with Gasteiger partial charge in [0.15, 0.2) is 5.82 Å². The second-order valence-corrected chi connectivity index (χ2v) is 7.07. The fourth-order valence-corrected chi connectivity index (χ4v) is 5.42. The lowest BCUT2D eigenvalue weighted by Crippen LogP contribution is -2.52. The van der Waals surface area contributed by atoms with Crippen LogP contribution >= 0.6 is 0 Å². The highest BCUT2D eigenvalue weighted by atomic mass is 15.6. The molecular weight excluding hydrogens is 238 g/mol. The van der Waals surface area contributed by atoms with Crippen molar-refractivity contribution in [1.29, 1.82) is 0 Å². The molecule has 4 aliphatic carbocycles. The number of tetrazole rings is 1. The van der Waals surface area contributed by atoms with Crippen molar-refractivity contribution in [2.24, 2.45) is 42.4 Å². The van der Waals surface area contributed by atoms with Gasteiger partial charge in [0.1, 0.15) is 0 Å². The number of hydrogen-bond acceptors (Lipinski definition) is 4. The van der Waals surface area contributed by atoms with Crippen LogP contribution in [0.25, 0.3) is 0 Å². The molecule has 2 N–H and O–H groups in total. The normalized spacial score (nSPS) is 41.7. The summed E-state index contributed by atoms with van der Waals surface area (Å²) in [5, 5.41) is 12.3. The predicted octanol–water partition coefficient (Wildman–Crippen LogP) is 1.15. The van der Waals surface area contributed by atoms with Crippen LogP contribution in [0.2, 0.25) is 0 Å². The molecule has 4 bridgehead atoms. The topological polar surface area (TPSA) is 69.6 Å². The smallest absolute Gasteiger partial charge is 0.176 e. The maximum absolute atomic E-state index is 6.52. The van der Waals surface area contributed by atoms with E-state index in [1.807, 2.05) is 7.05 Å². The molecule has 5 heteroatoms. The Morgan fingerprint density at radius 3 is 2.32 bits per heavy atom. The first kappa shape index (κ1) is 11.8. The number of rotatable bonds is 3. The van der Waals surface area contributed by atoms with Crippen LogP contribution in [0.5, 0.6) is 0 Å². The molecule has 4 aliphatic rings. The lowest BCUT2D eigenvalue weighted by Gasteiger charge is -2.56. The van der Waals surface area contributed by atoms with Gasteiger partial charge in [-0.1, -0.05) is 0 Å². The van der Waals surface area contributed by atoms with Crippen molar-refractivity contribution < 1.29 is 0 Å². The van der Waals surface area contributed by atoms with Crippen LogP contribution in [0.15, 0.2) is 0 Å². The van der Waals surface area contributed by atoms with Crippen molar-refractivity contribution in [3.05, 3.63) is 5.82 Å².